The summed E-state index contributed by atoms with van der Waals surface area (Å²) in [5, 5.41) is 2.78. The molecule has 0 saturated carbocycles. The number of rotatable bonds is 8. The molecule has 9 heteroatoms. The average molecular weight is 535 g/mol. The molecule has 0 radical (unpaired) electrons. The number of fused-ring (bicyclic) bond motifs is 1. The van der Waals surface area contributed by atoms with Gasteiger partial charge in [-0.3, -0.25) is 9.59 Å². The molecule has 2 amide bonds. The monoisotopic (exact) mass is 534 g/mol. The van der Waals surface area contributed by atoms with Gasteiger partial charge >= 0.3 is 0 Å². The zero-order valence-corrected chi connectivity index (χ0v) is 23.3. The molecule has 3 aliphatic rings. The highest BCUT2D eigenvalue weighted by molar-refractivity contribution is 5.87. The smallest absolute Gasteiger partial charge is 0.245 e. The fourth-order valence-electron chi connectivity index (χ4n) is 6.43. The Bertz CT molecular complexity index is 1260. The number of aromatic nitrogens is 2. The van der Waals surface area contributed by atoms with Gasteiger partial charge < -0.3 is 20.0 Å². The van der Waals surface area contributed by atoms with Gasteiger partial charge in [-0.25, -0.2) is 9.37 Å². The molecule has 2 aromatic rings. The second-order valence-electron chi connectivity index (χ2n) is 11.7. The summed E-state index contributed by atoms with van der Waals surface area (Å²) < 4.78 is 15.2. The van der Waals surface area contributed by atoms with Crippen LogP contribution in [0.2, 0.25) is 0 Å². The van der Waals surface area contributed by atoms with E-state index < -0.39 is 0 Å². The van der Waals surface area contributed by atoms with Gasteiger partial charge in [-0.1, -0.05) is 32.6 Å². The predicted octanol–water partition coefficient (Wildman–Crippen LogP) is 3.81. The van der Waals surface area contributed by atoms with Crippen LogP contribution in [0, 0.1) is 17.2 Å². The maximum Gasteiger partial charge on any atom is 0.245 e. The molecule has 5 rings (SSSR count). The Kier molecular flexibility index (Phi) is 7.60. The third-order valence-corrected chi connectivity index (χ3v) is 8.34. The molecule has 0 bridgehead atoms. The summed E-state index contributed by atoms with van der Waals surface area (Å²) in [5.41, 5.74) is 2.08. The summed E-state index contributed by atoms with van der Waals surface area (Å²) in [4.78, 5) is 41.0. The Morgan fingerprint density at radius 2 is 1.95 bits per heavy atom. The van der Waals surface area contributed by atoms with E-state index in [0.717, 1.165) is 56.7 Å². The SMILES string of the molecule is C=CC(=O)N1CC2(CCN(c3nc(-c4ccccc4F)c4c(n3)N(C(CC(=O)NC)CC(C)C)CCC4)C2)C1. The first kappa shape index (κ1) is 27.1. The first-order valence-electron chi connectivity index (χ1n) is 14.0. The van der Waals surface area contributed by atoms with Crippen molar-refractivity contribution < 1.29 is 14.0 Å². The molecule has 4 heterocycles. The lowest BCUT2D eigenvalue weighted by Gasteiger charge is -2.47. The van der Waals surface area contributed by atoms with Crippen LogP contribution in [0.15, 0.2) is 36.9 Å². The Hall–Kier alpha value is -3.49. The molecule has 8 nitrogen and oxygen atoms in total. The normalized spacial score (nSPS) is 18.6. The minimum absolute atomic E-state index is 0.00136. The lowest BCUT2D eigenvalue weighted by Crippen LogP contribution is -2.59. The first-order valence-corrected chi connectivity index (χ1v) is 14.0. The number of anilines is 2. The Balaban J connectivity index is 1.54. The minimum atomic E-state index is -0.305. The zero-order valence-electron chi connectivity index (χ0n) is 23.3. The van der Waals surface area contributed by atoms with Gasteiger partial charge in [0.1, 0.15) is 11.6 Å². The first-order chi connectivity index (χ1) is 18.7. The van der Waals surface area contributed by atoms with E-state index in [9.17, 15) is 9.59 Å². The standard InChI is InChI=1S/C30H39FN6O2/c1-5-26(39)36-18-30(19-36)12-14-35(17-30)29-33-27(22-9-6-7-11-24(22)31)23-10-8-13-37(28(23)34-29)21(15-20(2)3)16-25(38)32-4/h5-7,9,11,20-21H,1,8,10,12-19H2,2-4H3,(H,32,38). The fourth-order valence-corrected chi connectivity index (χ4v) is 6.43. The van der Waals surface area contributed by atoms with Crippen molar-refractivity contribution in [3.05, 3.63) is 48.3 Å². The van der Waals surface area contributed by atoms with Gasteiger partial charge in [0.05, 0.1) is 5.69 Å². The number of nitrogens with one attached hydrogen (secondary N) is 1. The van der Waals surface area contributed by atoms with Crippen LogP contribution in [0.25, 0.3) is 11.3 Å². The van der Waals surface area contributed by atoms with Crippen molar-refractivity contribution in [3.63, 3.8) is 0 Å². The van der Waals surface area contributed by atoms with Crippen molar-refractivity contribution >= 4 is 23.6 Å². The predicted molar refractivity (Wildman–Crippen MR) is 151 cm³/mol. The molecule has 2 fully saturated rings. The van der Waals surface area contributed by atoms with E-state index in [0.29, 0.717) is 42.6 Å². The van der Waals surface area contributed by atoms with E-state index in [-0.39, 0.29) is 29.1 Å². The fraction of sp³-hybridized carbons (Fsp3) is 0.533. The lowest BCUT2D eigenvalue weighted by molar-refractivity contribution is -0.136. The summed E-state index contributed by atoms with van der Waals surface area (Å²) in [6, 6.07) is 6.77. The summed E-state index contributed by atoms with van der Waals surface area (Å²) >= 11 is 0. The van der Waals surface area contributed by atoms with E-state index in [1.165, 1.54) is 12.1 Å². The largest absolute Gasteiger partial charge is 0.359 e. The molecule has 208 valence electrons. The molecule has 3 aliphatic heterocycles. The van der Waals surface area contributed by atoms with Crippen LogP contribution in [0.3, 0.4) is 0 Å². The second-order valence-corrected chi connectivity index (χ2v) is 11.7. The molecule has 0 aliphatic carbocycles. The summed E-state index contributed by atoms with van der Waals surface area (Å²) in [5.74, 6) is 1.47. The Morgan fingerprint density at radius 1 is 1.18 bits per heavy atom. The Morgan fingerprint density at radius 3 is 2.64 bits per heavy atom. The van der Waals surface area contributed by atoms with Gasteiger partial charge in [-0.15, -0.1) is 0 Å². The van der Waals surface area contributed by atoms with E-state index in [4.69, 9.17) is 9.97 Å². The number of halogens is 1. The highest BCUT2D eigenvalue weighted by Crippen LogP contribution is 2.43. The molecule has 1 atom stereocenters. The highest BCUT2D eigenvalue weighted by Gasteiger charge is 2.49. The highest BCUT2D eigenvalue weighted by atomic mass is 19.1. The van der Waals surface area contributed by atoms with Crippen LogP contribution in [0.4, 0.5) is 16.2 Å². The molecule has 1 unspecified atom stereocenters. The number of amides is 2. The Labute approximate surface area is 230 Å². The van der Waals surface area contributed by atoms with Gasteiger partial charge in [-0.05, 0) is 49.8 Å². The van der Waals surface area contributed by atoms with Gasteiger partial charge in [-0.2, -0.15) is 4.98 Å². The average Bonchev–Trinajstić information content (AvgIpc) is 3.36. The van der Waals surface area contributed by atoms with Gasteiger partial charge in [0.2, 0.25) is 17.8 Å². The van der Waals surface area contributed by atoms with Crippen molar-refractivity contribution in [2.45, 2.75) is 52.0 Å². The number of hydrogen-bond donors (Lipinski definition) is 1. The summed E-state index contributed by atoms with van der Waals surface area (Å²) in [6.45, 7) is 11.7. The number of benzene rings is 1. The maximum atomic E-state index is 15.2. The van der Waals surface area contributed by atoms with Crippen molar-refractivity contribution in [2.75, 3.05) is 49.6 Å². The maximum absolute atomic E-state index is 15.2. The molecule has 2 saturated heterocycles. The third kappa shape index (κ3) is 5.36. The van der Waals surface area contributed by atoms with Gasteiger partial charge in [0.15, 0.2) is 0 Å². The minimum Gasteiger partial charge on any atom is -0.359 e. The number of hydrogen-bond acceptors (Lipinski definition) is 6. The van der Waals surface area contributed by atoms with Crippen molar-refractivity contribution in [3.8, 4) is 11.3 Å². The molecule has 1 aromatic heterocycles. The van der Waals surface area contributed by atoms with Crippen LogP contribution in [-0.2, 0) is 16.0 Å². The van der Waals surface area contributed by atoms with Crippen LogP contribution >= 0.6 is 0 Å². The number of carbonyl (C=O) groups excluding carboxylic acids is 2. The molecule has 1 N–H and O–H groups in total. The van der Waals surface area contributed by atoms with Crippen LogP contribution in [0.1, 0.15) is 45.1 Å². The number of nitrogens with zero attached hydrogens (tertiary/aromatic N) is 5. The van der Waals surface area contributed by atoms with Gasteiger partial charge in [0, 0.05) is 68.8 Å². The number of carbonyl (C=O) groups is 2. The molecular formula is C30H39FN6O2. The molecular weight excluding hydrogens is 495 g/mol. The zero-order chi connectivity index (χ0) is 27.7. The van der Waals surface area contributed by atoms with Crippen molar-refractivity contribution in [1.29, 1.82) is 0 Å². The van der Waals surface area contributed by atoms with E-state index in [1.807, 2.05) is 11.0 Å². The topological polar surface area (TPSA) is 81.7 Å². The van der Waals surface area contributed by atoms with Crippen molar-refractivity contribution in [2.24, 2.45) is 11.3 Å². The summed E-state index contributed by atoms with van der Waals surface area (Å²) in [7, 11) is 1.67. The van der Waals surface area contributed by atoms with E-state index in [1.54, 1.807) is 19.2 Å². The van der Waals surface area contributed by atoms with E-state index >= 15 is 4.39 Å². The quantitative estimate of drug-likeness (QED) is 0.519. The van der Waals surface area contributed by atoms with Gasteiger partial charge in [0.25, 0.3) is 0 Å². The van der Waals surface area contributed by atoms with Crippen LogP contribution in [-0.4, -0.2) is 72.5 Å². The van der Waals surface area contributed by atoms with Crippen molar-refractivity contribution in [1.82, 2.24) is 20.2 Å². The molecule has 1 spiro atoms. The van der Waals surface area contributed by atoms with E-state index in [2.05, 4.69) is 35.5 Å². The molecule has 39 heavy (non-hydrogen) atoms. The second kappa shape index (κ2) is 10.9. The summed E-state index contributed by atoms with van der Waals surface area (Å²) in [6.07, 6.45) is 5.18. The third-order valence-electron chi connectivity index (χ3n) is 8.34. The van der Waals surface area contributed by atoms with Crippen LogP contribution < -0.4 is 15.1 Å². The lowest BCUT2D eigenvalue weighted by atomic mass is 9.79. The number of likely N-dealkylation sites (tertiary alicyclic amines) is 1. The molecule has 1 aromatic carbocycles. The van der Waals surface area contributed by atoms with Crippen LogP contribution in [0.5, 0.6) is 0 Å².